The monoisotopic (exact) mass is 273 g/mol. The molecular formula is C17H27N3. The van der Waals surface area contributed by atoms with Crippen LogP contribution in [0.5, 0.6) is 0 Å². The molecule has 0 spiro atoms. The van der Waals surface area contributed by atoms with Crippen molar-refractivity contribution in [2.24, 2.45) is 17.1 Å². The highest BCUT2D eigenvalue weighted by atomic mass is 15.2. The van der Waals surface area contributed by atoms with Gasteiger partial charge in [-0.1, -0.05) is 20.8 Å². The molecule has 110 valence electrons. The minimum atomic E-state index is 0.383. The Kier molecular flexibility index (Phi) is 3.49. The summed E-state index contributed by atoms with van der Waals surface area (Å²) in [6, 6.07) is 2.31. The Morgan fingerprint density at radius 3 is 2.80 bits per heavy atom. The van der Waals surface area contributed by atoms with E-state index in [1.165, 1.54) is 41.9 Å². The number of pyridine rings is 1. The number of hydrogen-bond acceptors (Lipinski definition) is 3. The topological polar surface area (TPSA) is 42.2 Å². The maximum atomic E-state index is 5.97. The molecule has 1 aliphatic carbocycles. The highest BCUT2D eigenvalue weighted by Gasteiger charge is 2.33. The summed E-state index contributed by atoms with van der Waals surface area (Å²) in [5, 5.41) is 0. The third-order valence-corrected chi connectivity index (χ3v) is 5.04. The molecule has 1 atom stereocenters. The van der Waals surface area contributed by atoms with E-state index in [1.807, 2.05) is 0 Å². The summed E-state index contributed by atoms with van der Waals surface area (Å²) in [5.74, 6) is 1.92. The van der Waals surface area contributed by atoms with Gasteiger partial charge in [-0.2, -0.15) is 0 Å². The zero-order valence-corrected chi connectivity index (χ0v) is 13.1. The van der Waals surface area contributed by atoms with Crippen molar-refractivity contribution in [2.75, 3.05) is 18.0 Å². The van der Waals surface area contributed by atoms with Crippen molar-refractivity contribution in [3.8, 4) is 0 Å². The lowest BCUT2D eigenvalue weighted by Gasteiger charge is -2.28. The lowest BCUT2D eigenvalue weighted by Crippen LogP contribution is -2.27. The molecule has 3 rings (SSSR count). The summed E-state index contributed by atoms with van der Waals surface area (Å²) in [5.41, 5.74) is 10.3. The van der Waals surface area contributed by atoms with Gasteiger partial charge in [0.25, 0.3) is 0 Å². The number of fused-ring (bicyclic) bond motifs is 1. The Morgan fingerprint density at radius 2 is 2.15 bits per heavy atom. The number of nitrogens with two attached hydrogens (primary N) is 1. The lowest BCUT2D eigenvalue weighted by atomic mass is 9.80. The second-order valence-corrected chi connectivity index (χ2v) is 7.43. The Hall–Kier alpha value is -1.09. The first kappa shape index (κ1) is 13.9. The van der Waals surface area contributed by atoms with Crippen LogP contribution < -0.4 is 10.6 Å². The van der Waals surface area contributed by atoms with Crippen LogP contribution in [0.25, 0.3) is 0 Å². The Labute approximate surface area is 122 Å². The normalized spacial score (nSPS) is 22.4. The van der Waals surface area contributed by atoms with Gasteiger partial charge >= 0.3 is 0 Å². The van der Waals surface area contributed by atoms with Crippen LogP contribution in [-0.2, 0) is 19.4 Å². The molecule has 2 aliphatic rings. The molecule has 3 nitrogen and oxygen atoms in total. The van der Waals surface area contributed by atoms with Crippen LogP contribution in [0.1, 0.15) is 50.4 Å². The van der Waals surface area contributed by atoms with Gasteiger partial charge in [-0.05, 0) is 48.6 Å². The predicted octanol–water partition coefficient (Wildman–Crippen LogP) is 2.90. The smallest absolute Gasteiger partial charge is 0.133 e. The molecule has 1 aromatic rings. The first-order chi connectivity index (χ1) is 9.49. The standard InChI is InChI=1S/C17H27N3/c1-17(2,3)14-7-8-20(11-14)16-13(10-18)9-12-5-4-6-15(12)19-16/h9,14H,4-8,10-11,18H2,1-3H3. The molecule has 0 amide bonds. The van der Waals surface area contributed by atoms with Gasteiger partial charge in [0.2, 0.25) is 0 Å². The molecule has 0 radical (unpaired) electrons. The highest BCUT2D eigenvalue weighted by Crippen LogP contribution is 2.37. The van der Waals surface area contributed by atoms with E-state index in [0.29, 0.717) is 12.0 Å². The average Bonchev–Trinajstić information content (AvgIpc) is 3.04. The fourth-order valence-corrected chi connectivity index (χ4v) is 3.59. The third kappa shape index (κ3) is 2.44. The minimum absolute atomic E-state index is 0.383. The molecule has 2 heterocycles. The van der Waals surface area contributed by atoms with E-state index in [9.17, 15) is 0 Å². The van der Waals surface area contributed by atoms with Gasteiger partial charge in [0, 0.05) is 30.9 Å². The molecule has 0 aromatic carbocycles. The molecule has 1 fully saturated rings. The second-order valence-electron chi connectivity index (χ2n) is 7.43. The van der Waals surface area contributed by atoms with Crippen LogP contribution in [0.4, 0.5) is 5.82 Å². The molecule has 3 heteroatoms. The molecule has 2 N–H and O–H groups in total. The molecule has 1 unspecified atom stereocenters. The number of anilines is 1. The van der Waals surface area contributed by atoms with Gasteiger partial charge in [0.05, 0.1) is 0 Å². The van der Waals surface area contributed by atoms with E-state index in [4.69, 9.17) is 10.7 Å². The van der Waals surface area contributed by atoms with Gasteiger partial charge in [0.15, 0.2) is 0 Å². The number of nitrogens with zero attached hydrogens (tertiary/aromatic N) is 2. The van der Waals surface area contributed by atoms with Crippen molar-refractivity contribution >= 4 is 5.82 Å². The molecule has 0 saturated carbocycles. The summed E-state index contributed by atoms with van der Waals surface area (Å²) < 4.78 is 0. The Morgan fingerprint density at radius 1 is 1.35 bits per heavy atom. The highest BCUT2D eigenvalue weighted by molar-refractivity contribution is 5.51. The van der Waals surface area contributed by atoms with Crippen molar-refractivity contribution in [3.05, 3.63) is 22.9 Å². The van der Waals surface area contributed by atoms with Crippen molar-refractivity contribution in [1.82, 2.24) is 4.98 Å². The first-order valence-corrected chi connectivity index (χ1v) is 7.95. The second kappa shape index (κ2) is 5.03. The van der Waals surface area contributed by atoms with E-state index >= 15 is 0 Å². The predicted molar refractivity (Wildman–Crippen MR) is 83.9 cm³/mol. The van der Waals surface area contributed by atoms with E-state index in [0.717, 1.165) is 25.4 Å². The fourth-order valence-electron chi connectivity index (χ4n) is 3.59. The molecule has 20 heavy (non-hydrogen) atoms. The maximum absolute atomic E-state index is 5.97. The summed E-state index contributed by atoms with van der Waals surface area (Å²) in [7, 11) is 0. The van der Waals surface area contributed by atoms with E-state index < -0.39 is 0 Å². The van der Waals surface area contributed by atoms with Crippen LogP contribution >= 0.6 is 0 Å². The lowest BCUT2D eigenvalue weighted by molar-refractivity contribution is 0.263. The number of aryl methyl sites for hydroxylation is 2. The van der Waals surface area contributed by atoms with Gasteiger partial charge < -0.3 is 10.6 Å². The largest absolute Gasteiger partial charge is 0.356 e. The maximum Gasteiger partial charge on any atom is 0.133 e. The summed E-state index contributed by atoms with van der Waals surface area (Å²) in [6.45, 7) is 9.90. The van der Waals surface area contributed by atoms with Crippen LogP contribution in [0.3, 0.4) is 0 Å². The zero-order valence-electron chi connectivity index (χ0n) is 13.1. The third-order valence-electron chi connectivity index (χ3n) is 5.04. The van der Waals surface area contributed by atoms with E-state index in [2.05, 4.69) is 31.7 Å². The number of aromatic nitrogens is 1. The van der Waals surface area contributed by atoms with Crippen LogP contribution in [0.15, 0.2) is 6.07 Å². The first-order valence-electron chi connectivity index (χ1n) is 7.95. The van der Waals surface area contributed by atoms with Crippen molar-refractivity contribution < 1.29 is 0 Å². The average molecular weight is 273 g/mol. The van der Waals surface area contributed by atoms with Gasteiger partial charge in [-0.15, -0.1) is 0 Å². The molecule has 1 aromatic heterocycles. The van der Waals surface area contributed by atoms with Gasteiger partial charge in [-0.3, -0.25) is 0 Å². The van der Waals surface area contributed by atoms with Crippen LogP contribution in [0, 0.1) is 11.3 Å². The summed E-state index contributed by atoms with van der Waals surface area (Å²) in [4.78, 5) is 7.44. The summed E-state index contributed by atoms with van der Waals surface area (Å²) >= 11 is 0. The Bertz CT molecular complexity index is 502. The molecule has 1 saturated heterocycles. The van der Waals surface area contributed by atoms with Gasteiger partial charge in [-0.25, -0.2) is 4.98 Å². The number of hydrogen-bond donors (Lipinski definition) is 1. The minimum Gasteiger partial charge on any atom is -0.356 e. The quantitative estimate of drug-likeness (QED) is 0.901. The van der Waals surface area contributed by atoms with Crippen molar-refractivity contribution in [3.63, 3.8) is 0 Å². The van der Waals surface area contributed by atoms with Crippen LogP contribution in [0.2, 0.25) is 0 Å². The molecular weight excluding hydrogens is 246 g/mol. The number of rotatable bonds is 2. The fraction of sp³-hybridized carbons (Fsp3) is 0.706. The zero-order chi connectivity index (χ0) is 14.3. The Balaban J connectivity index is 1.87. The van der Waals surface area contributed by atoms with E-state index in [-0.39, 0.29) is 0 Å². The van der Waals surface area contributed by atoms with Crippen molar-refractivity contribution in [1.29, 1.82) is 0 Å². The molecule has 1 aliphatic heterocycles. The molecule has 0 bridgehead atoms. The SMILES string of the molecule is CC(C)(C)C1CCN(c2nc3c(cc2CN)CCC3)C1. The summed E-state index contributed by atoms with van der Waals surface area (Å²) in [6.07, 6.45) is 4.84. The van der Waals surface area contributed by atoms with Gasteiger partial charge in [0.1, 0.15) is 5.82 Å². The van der Waals surface area contributed by atoms with E-state index in [1.54, 1.807) is 0 Å². The van der Waals surface area contributed by atoms with Crippen LogP contribution in [-0.4, -0.2) is 18.1 Å². The van der Waals surface area contributed by atoms with Crippen molar-refractivity contribution in [2.45, 2.75) is 53.0 Å².